The first-order chi connectivity index (χ1) is 8.42. The highest BCUT2D eigenvalue weighted by Crippen LogP contribution is 2.26. The standard InChI is InChI=1S/C14H20O4/c1-14(2,9-17-3)11-7-5-6-10(8-11)12(15)13(16)18-4/h5-8,12,15H,9H2,1-4H3. The number of benzene rings is 1. The van der Waals surface area contributed by atoms with Gasteiger partial charge in [-0.2, -0.15) is 0 Å². The average Bonchev–Trinajstić information content (AvgIpc) is 2.37. The smallest absolute Gasteiger partial charge is 0.339 e. The molecule has 1 atom stereocenters. The molecule has 0 saturated heterocycles. The molecule has 4 heteroatoms. The summed E-state index contributed by atoms with van der Waals surface area (Å²) in [5, 5.41) is 9.80. The number of hydrogen-bond donors (Lipinski definition) is 1. The molecule has 0 aliphatic rings. The topological polar surface area (TPSA) is 55.8 Å². The summed E-state index contributed by atoms with van der Waals surface area (Å²) in [6, 6.07) is 7.27. The van der Waals surface area contributed by atoms with Crippen LogP contribution in [0.25, 0.3) is 0 Å². The van der Waals surface area contributed by atoms with Gasteiger partial charge in [-0.25, -0.2) is 4.79 Å². The van der Waals surface area contributed by atoms with E-state index in [2.05, 4.69) is 4.74 Å². The van der Waals surface area contributed by atoms with Gasteiger partial charge in [0.15, 0.2) is 6.10 Å². The van der Waals surface area contributed by atoms with Gasteiger partial charge in [-0.3, -0.25) is 0 Å². The van der Waals surface area contributed by atoms with Gasteiger partial charge in [0.1, 0.15) is 0 Å². The van der Waals surface area contributed by atoms with Crippen LogP contribution in [0, 0.1) is 0 Å². The van der Waals surface area contributed by atoms with E-state index in [0.717, 1.165) is 5.56 Å². The molecule has 100 valence electrons. The van der Waals surface area contributed by atoms with E-state index in [-0.39, 0.29) is 5.41 Å². The third-order valence-corrected chi connectivity index (χ3v) is 2.91. The summed E-state index contributed by atoms with van der Waals surface area (Å²) >= 11 is 0. The molecular weight excluding hydrogens is 232 g/mol. The summed E-state index contributed by atoms with van der Waals surface area (Å²) in [7, 11) is 2.90. The number of hydrogen-bond acceptors (Lipinski definition) is 4. The van der Waals surface area contributed by atoms with E-state index in [9.17, 15) is 9.90 Å². The van der Waals surface area contributed by atoms with Gasteiger partial charge in [-0.1, -0.05) is 38.1 Å². The SMILES string of the molecule is COCC(C)(C)c1cccc(C(O)C(=O)OC)c1. The zero-order valence-corrected chi connectivity index (χ0v) is 11.3. The molecule has 0 aliphatic carbocycles. The minimum Gasteiger partial charge on any atom is -0.467 e. The molecule has 0 heterocycles. The molecular formula is C14H20O4. The van der Waals surface area contributed by atoms with Crippen molar-refractivity contribution >= 4 is 5.97 Å². The van der Waals surface area contributed by atoms with Crippen molar-refractivity contribution in [3.05, 3.63) is 35.4 Å². The fraction of sp³-hybridized carbons (Fsp3) is 0.500. The van der Waals surface area contributed by atoms with Crippen LogP contribution >= 0.6 is 0 Å². The summed E-state index contributed by atoms with van der Waals surface area (Å²) in [5.41, 5.74) is 1.36. The van der Waals surface area contributed by atoms with Gasteiger partial charge in [0.2, 0.25) is 0 Å². The van der Waals surface area contributed by atoms with Crippen LogP contribution in [0.2, 0.25) is 0 Å². The lowest BCUT2D eigenvalue weighted by atomic mass is 9.84. The normalized spacial score (nSPS) is 13.2. The lowest BCUT2D eigenvalue weighted by Crippen LogP contribution is -2.24. The van der Waals surface area contributed by atoms with Gasteiger partial charge in [0.25, 0.3) is 0 Å². The second-order valence-corrected chi connectivity index (χ2v) is 4.87. The highest BCUT2D eigenvalue weighted by atomic mass is 16.5. The number of carbonyl (C=O) groups excluding carboxylic acids is 1. The maximum absolute atomic E-state index is 11.3. The van der Waals surface area contributed by atoms with Gasteiger partial charge < -0.3 is 14.6 Å². The molecule has 1 unspecified atom stereocenters. The number of methoxy groups -OCH3 is 2. The number of rotatable bonds is 5. The number of ether oxygens (including phenoxy) is 2. The molecule has 1 rings (SSSR count). The van der Waals surface area contributed by atoms with Crippen molar-refractivity contribution in [1.29, 1.82) is 0 Å². The minimum atomic E-state index is -1.24. The van der Waals surface area contributed by atoms with Crippen molar-refractivity contribution < 1.29 is 19.4 Å². The number of carbonyl (C=O) groups is 1. The summed E-state index contributed by atoms with van der Waals surface area (Å²) in [5.74, 6) is -0.656. The van der Waals surface area contributed by atoms with E-state index < -0.39 is 12.1 Å². The zero-order valence-electron chi connectivity index (χ0n) is 11.3. The lowest BCUT2D eigenvalue weighted by Gasteiger charge is -2.25. The Hall–Kier alpha value is -1.39. The maximum Gasteiger partial charge on any atom is 0.339 e. The van der Waals surface area contributed by atoms with Gasteiger partial charge in [0.05, 0.1) is 13.7 Å². The molecule has 0 amide bonds. The lowest BCUT2D eigenvalue weighted by molar-refractivity contribution is -0.150. The predicted octanol–water partition coefficient (Wildman–Crippen LogP) is 1.82. The van der Waals surface area contributed by atoms with Crippen molar-refractivity contribution in [2.45, 2.75) is 25.4 Å². The molecule has 1 N–H and O–H groups in total. The first-order valence-electron chi connectivity index (χ1n) is 5.77. The Morgan fingerprint density at radius 1 is 1.39 bits per heavy atom. The van der Waals surface area contributed by atoms with Gasteiger partial charge in [-0.05, 0) is 11.1 Å². The van der Waals surface area contributed by atoms with E-state index in [1.54, 1.807) is 19.2 Å². The molecule has 0 radical (unpaired) electrons. The minimum absolute atomic E-state index is 0.180. The molecule has 4 nitrogen and oxygen atoms in total. The first kappa shape index (κ1) is 14.7. The Bertz CT molecular complexity index is 412. The van der Waals surface area contributed by atoms with Crippen LogP contribution in [0.4, 0.5) is 0 Å². The molecule has 0 spiro atoms. The summed E-state index contributed by atoms with van der Waals surface area (Å²) in [6.45, 7) is 4.64. The van der Waals surface area contributed by atoms with Crippen LogP contribution in [0.5, 0.6) is 0 Å². The summed E-state index contributed by atoms with van der Waals surface area (Å²) in [6.07, 6.45) is -1.24. The molecule has 0 fully saturated rings. The number of aliphatic hydroxyl groups excluding tert-OH is 1. The fourth-order valence-electron chi connectivity index (χ4n) is 1.82. The van der Waals surface area contributed by atoms with Crippen LogP contribution < -0.4 is 0 Å². The molecule has 0 aromatic heterocycles. The van der Waals surface area contributed by atoms with Crippen LogP contribution in [0.1, 0.15) is 31.1 Å². The van der Waals surface area contributed by atoms with Gasteiger partial charge >= 0.3 is 5.97 Å². The van der Waals surface area contributed by atoms with Crippen molar-refractivity contribution in [3.63, 3.8) is 0 Å². The van der Waals surface area contributed by atoms with Crippen molar-refractivity contribution in [1.82, 2.24) is 0 Å². The number of esters is 1. The molecule has 0 aliphatic heterocycles. The predicted molar refractivity (Wildman–Crippen MR) is 68.3 cm³/mol. The average molecular weight is 252 g/mol. The third kappa shape index (κ3) is 3.31. The fourth-order valence-corrected chi connectivity index (χ4v) is 1.82. The van der Waals surface area contributed by atoms with E-state index in [0.29, 0.717) is 12.2 Å². The van der Waals surface area contributed by atoms with Crippen LogP contribution in [0.15, 0.2) is 24.3 Å². The zero-order chi connectivity index (χ0) is 13.8. The number of aliphatic hydroxyl groups is 1. The van der Waals surface area contributed by atoms with E-state index in [1.165, 1.54) is 7.11 Å². The highest BCUT2D eigenvalue weighted by molar-refractivity contribution is 5.76. The highest BCUT2D eigenvalue weighted by Gasteiger charge is 2.23. The first-order valence-corrected chi connectivity index (χ1v) is 5.77. The monoisotopic (exact) mass is 252 g/mol. The summed E-state index contributed by atoms with van der Waals surface area (Å²) in [4.78, 5) is 11.3. The van der Waals surface area contributed by atoms with E-state index in [1.807, 2.05) is 26.0 Å². The second kappa shape index (κ2) is 5.98. The Balaban J connectivity index is 3.02. The van der Waals surface area contributed by atoms with E-state index >= 15 is 0 Å². The Morgan fingerprint density at radius 3 is 2.61 bits per heavy atom. The molecule has 0 saturated carbocycles. The van der Waals surface area contributed by atoms with Gasteiger partial charge in [0, 0.05) is 12.5 Å². The Morgan fingerprint density at radius 2 is 2.06 bits per heavy atom. The Labute approximate surface area is 108 Å². The van der Waals surface area contributed by atoms with Crippen molar-refractivity contribution in [2.24, 2.45) is 0 Å². The van der Waals surface area contributed by atoms with Crippen LogP contribution in [-0.2, 0) is 19.7 Å². The van der Waals surface area contributed by atoms with Crippen LogP contribution in [-0.4, -0.2) is 31.9 Å². The molecule has 18 heavy (non-hydrogen) atoms. The van der Waals surface area contributed by atoms with Crippen molar-refractivity contribution in [3.8, 4) is 0 Å². The van der Waals surface area contributed by atoms with Crippen molar-refractivity contribution in [2.75, 3.05) is 20.8 Å². The van der Waals surface area contributed by atoms with E-state index in [4.69, 9.17) is 4.74 Å². The largest absolute Gasteiger partial charge is 0.467 e. The molecule has 0 bridgehead atoms. The molecule has 1 aromatic rings. The maximum atomic E-state index is 11.3. The second-order valence-electron chi connectivity index (χ2n) is 4.87. The van der Waals surface area contributed by atoms with Gasteiger partial charge in [-0.15, -0.1) is 0 Å². The quantitative estimate of drug-likeness (QED) is 0.812. The van der Waals surface area contributed by atoms with Crippen LogP contribution in [0.3, 0.4) is 0 Å². The third-order valence-electron chi connectivity index (χ3n) is 2.91. The Kier molecular flexibility index (Phi) is 4.87. The summed E-state index contributed by atoms with van der Waals surface area (Å²) < 4.78 is 9.70. The molecule has 1 aromatic carbocycles.